The van der Waals surface area contributed by atoms with E-state index in [1.165, 1.54) is 0 Å². The summed E-state index contributed by atoms with van der Waals surface area (Å²) in [5.74, 6) is -0.147. The van der Waals surface area contributed by atoms with Gasteiger partial charge in [0.1, 0.15) is 0 Å². The van der Waals surface area contributed by atoms with Gasteiger partial charge in [0, 0.05) is 23.7 Å². The summed E-state index contributed by atoms with van der Waals surface area (Å²) in [6.07, 6.45) is 0. The van der Waals surface area contributed by atoms with Gasteiger partial charge in [0.25, 0.3) is 5.91 Å². The van der Waals surface area contributed by atoms with Crippen molar-refractivity contribution in [2.24, 2.45) is 5.92 Å². The monoisotopic (exact) mass is 324 g/mol. The lowest BCUT2D eigenvalue weighted by molar-refractivity contribution is -0.118. The molecular formula is C20H24N2O2. The Morgan fingerprint density at radius 1 is 0.958 bits per heavy atom. The molecule has 0 aromatic heterocycles. The van der Waals surface area contributed by atoms with Crippen LogP contribution in [0.1, 0.15) is 40.9 Å². The van der Waals surface area contributed by atoms with Gasteiger partial charge in [-0.3, -0.25) is 9.59 Å². The molecule has 0 unspecified atom stereocenters. The van der Waals surface area contributed by atoms with Gasteiger partial charge in [0.2, 0.25) is 5.91 Å². The number of carbonyl (C=O) groups excluding carboxylic acids is 2. The number of anilines is 1. The summed E-state index contributed by atoms with van der Waals surface area (Å²) in [6, 6.07) is 13.3. The first-order valence-electron chi connectivity index (χ1n) is 8.11. The number of rotatable bonds is 5. The minimum Gasteiger partial charge on any atom is -0.348 e. The summed E-state index contributed by atoms with van der Waals surface area (Å²) in [4.78, 5) is 23.9. The maximum absolute atomic E-state index is 12.2. The van der Waals surface area contributed by atoms with E-state index in [1.807, 2.05) is 70.2 Å². The smallest absolute Gasteiger partial charge is 0.251 e. The predicted molar refractivity (Wildman–Crippen MR) is 97.0 cm³/mol. The van der Waals surface area contributed by atoms with Crippen LogP contribution in [-0.4, -0.2) is 11.8 Å². The minimum absolute atomic E-state index is 0.00845. The highest BCUT2D eigenvalue weighted by molar-refractivity contribution is 5.94. The summed E-state index contributed by atoms with van der Waals surface area (Å²) >= 11 is 0. The van der Waals surface area contributed by atoms with Crippen molar-refractivity contribution in [3.8, 4) is 0 Å². The highest BCUT2D eigenvalue weighted by atomic mass is 16.2. The van der Waals surface area contributed by atoms with Crippen LogP contribution in [0.25, 0.3) is 0 Å². The number of hydrogen-bond acceptors (Lipinski definition) is 2. The zero-order chi connectivity index (χ0) is 17.7. The third kappa shape index (κ3) is 4.95. The van der Waals surface area contributed by atoms with Gasteiger partial charge in [0.05, 0.1) is 0 Å². The summed E-state index contributed by atoms with van der Waals surface area (Å²) in [5, 5.41) is 5.77. The van der Waals surface area contributed by atoms with Crippen LogP contribution >= 0.6 is 0 Å². The van der Waals surface area contributed by atoms with Gasteiger partial charge in [-0.25, -0.2) is 0 Å². The molecule has 2 amide bonds. The zero-order valence-corrected chi connectivity index (χ0v) is 14.6. The molecule has 0 aliphatic heterocycles. The first kappa shape index (κ1) is 17.7. The molecule has 0 fully saturated rings. The topological polar surface area (TPSA) is 58.2 Å². The number of amides is 2. The highest BCUT2D eigenvalue weighted by Crippen LogP contribution is 2.12. The third-order valence-corrected chi connectivity index (χ3v) is 3.68. The molecular weight excluding hydrogens is 300 g/mol. The Morgan fingerprint density at radius 2 is 1.54 bits per heavy atom. The largest absolute Gasteiger partial charge is 0.348 e. The van der Waals surface area contributed by atoms with Crippen LogP contribution in [-0.2, 0) is 11.3 Å². The van der Waals surface area contributed by atoms with Crippen molar-refractivity contribution in [1.82, 2.24) is 5.32 Å². The maximum atomic E-state index is 12.2. The first-order valence-corrected chi connectivity index (χ1v) is 8.11. The Labute approximate surface area is 143 Å². The molecule has 0 atom stereocenters. The van der Waals surface area contributed by atoms with Crippen molar-refractivity contribution in [2.45, 2.75) is 34.2 Å². The van der Waals surface area contributed by atoms with E-state index in [9.17, 15) is 9.59 Å². The first-order chi connectivity index (χ1) is 11.3. The van der Waals surface area contributed by atoms with Crippen LogP contribution in [0.15, 0.2) is 42.5 Å². The zero-order valence-electron chi connectivity index (χ0n) is 14.6. The van der Waals surface area contributed by atoms with Crippen molar-refractivity contribution in [2.75, 3.05) is 5.32 Å². The molecule has 4 heteroatoms. The molecule has 4 nitrogen and oxygen atoms in total. The molecule has 0 aliphatic carbocycles. The summed E-state index contributed by atoms with van der Waals surface area (Å²) in [5.41, 5.74) is 4.57. The molecule has 0 saturated heterocycles. The van der Waals surface area contributed by atoms with E-state index in [-0.39, 0.29) is 17.7 Å². The van der Waals surface area contributed by atoms with E-state index >= 15 is 0 Å². The second kappa shape index (κ2) is 7.77. The molecule has 2 aromatic rings. The standard InChI is InChI=1S/C20H24N2O2/c1-13(2)19(23)22-18-7-5-16(6-8-18)12-21-20(24)17-10-14(3)9-15(4)11-17/h5-11,13H,12H2,1-4H3,(H,21,24)(H,22,23). The van der Waals surface area contributed by atoms with Crippen molar-refractivity contribution in [1.29, 1.82) is 0 Å². The summed E-state index contributed by atoms with van der Waals surface area (Å²) in [6.45, 7) is 8.12. The maximum Gasteiger partial charge on any atom is 0.251 e. The second-order valence-electron chi connectivity index (χ2n) is 6.40. The molecule has 2 rings (SSSR count). The van der Waals surface area contributed by atoms with Crippen LogP contribution < -0.4 is 10.6 Å². The average molecular weight is 324 g/mol. The predicted octanol–water partition coefficient (Wildman–Crippen LogP) is 3.83. The molecule has 0 aliphatic rings. The van der Waals surface area contributed by atoms with Crippen LogP contribution in [0, 0.1) is 19.8 Å². The fourth-order valence-electron chi connectivity index (χ4n) is 2.38. The molecule has 0 bridgehead atoms. The van der Waals surface area contributed by atoms with Gasteiger partial charge in [-0.1, -0.05) is 43.2 Å². The minimum atomic E-state index is -0.0843. The van der Waals surface area contributed by atoms with E-state index in [4.69, 9.17) is 0 Å². The van der Waals surface area contributed by atoms with Gasteiger partial charge in [-0.2, -0.15) is 0 Å². The van der Waals surface area contributed by atoms with Gasteiger partial charge in [0.15, 0.2) is 0 Å². The lowest BCUT2D eigenvalue weighted by Crippen LogP contribution is -2.23. The van der Waals surface area contributed by atoms with Gasteiger partial charge in [-0.15, -0.1) is 0 Å². The Bertz CT molecular complexity index is 714. The van der Waals surface area contributed by atoms with Crippen molar-refractivity contribution in [3.05, 3.63) is 64.7 Å². The molecule has 24 heavy (non-hydrogen) atoms. The quantitative estimate of drug-likeness (QED) is 0.878. The SMILES string of the molecule is Cc1cc(C)cc(C(=O)NCc2ccc(NC(=O)C(C)C)cc2)c1. The lowest BCUT2D eigenvalue weighted by atomic mass is 10.1. The van der Waals surface area contributed by atoms with E-state index in [2.05, 4.69) is 10.6 Å². The number of hydrogen-bond donors (Lipinski definition) is 2. The Balaban J connectivity index is 1.94. The fourth-order valence-corrected chi connectivity index (χ4v) is 2.38. The average Bonchev–Trinajstić information content (AvgIpc) is 2.52. The molecule has 126 valence electrons. The molecule has 0 saturated carbocycles. The van der Waals surface area contributed by atoms with Gasteiger partial charge in [-0.05, 0) is 43.7 Å². The van der Waals surface area contributed by atoms with Gasteiger partial charge < -0.3 is 10.6 Å². The molecule has 0 spiro atoms. The van der Waals surface area contributed by atoms with Crippen LogP contribution in [0.2, 0.25) is 0 Å². The third-order valence-electron chi connectivity index (χ3n) is 3.68. The number of carbonyl (C=O) groups is 2. The Hall–Kier alpha value is -2.62. The van der Waals surface area contributed by atoms with Crippen molar-refractivity contribution < 1.29 is 9.59 Å². The van der Waals surface area contributed by atoms with Crippen LogP contribution in [0.4, 0.5) is 5.69 Å². The summed E-state index contributed by atoms with van der Waals surface area (Å²) in [7, 11) is 0. The molecule has 0 radical (unpaired) electrons. The summed E-state index contributed by atoms with van der Waals surface area (Å²) < 4.78 is 0. The second-order valence-corrected chi connectivity index (χ2v) is 6.40. The van der Waals surface area contributed by atoms with E-state index in [0.717, 1.165) is 22.4 Å². The Morgan fingerprint density at radius 3 is 2.08 bits per heavy atom. The number of nitrogens with one attached hydrogen (secondary N) is 2. The van der Waals surface area contributed by atoms with E-state index < -0.39 is 0 Å². The van der Waals surface area contributed by atoms with E-state index in [1.54, 1.807) is 0 Å². The van der Waals surface area contributed by atoms with Crippen molar-refractivity contribution >= 4 is 17.5 Å². The molecule has 2 N–H and O–H groups in total. The van der Waals surface area contributed by atoms with Crippen LogP contribution in [0.5, 0.6) is 0 Å². The van der Waals surface area contributed by atoms with E-state index in [0.29, 0.717) is 12.1 Å². The number of aryl methyl sites for hydroxylation is 2. The van der Waals surface area contributed by atoms with Crippen LogP contribution in [0.3, 0.4) is 0 Å². The number of benzene rings is 2. The Kier molecular flexibility index (Phi) is 5.74. The molecule has 2 aromatic carbocycles. The molecule has 0 heterocycles. The lowest BCUT2D eigenvalue weighted by Gasteiger charge is -2.10. The normalized spacial score (nSPS) is 10.5. The van der Waals surface area contributed by atoms with Gasteiger partial charge >= 0.3 is 0 Å². The highest BCUT2D eigenvalue weighted by Gasteiger charge is 2.08. The van der Waals surface area contributed by atoms with Crippen molar-refractivity contribution in [3.63, 3.8) is 0 Å². The fraction of sp³-hybridized carbons (Fsp3) is 0.300.